The summed E-state index contributed by atoms with van der Waals surface area (Å²) in [6.07, 6.45) is -0.585. The molecule has 4 atom stereocenters. The second-order valence-electron chi connectivity index (χ2n) is 9.47. The minimum absolute atomic E-state index is 0.0860. The lowest BCUT2D eigenvalue weighted by Gasteiger charge is -2.43. The molecule has 0 aliphatic carbocycles. The van der Waals surface area contributed by atoms with Crippen molar-refractivity contribution >= 4 is 41.7 Å². The van der Waals surface area contributed by atoms with Gasteiger partial charge in [-0.1, -0.05) is 54.6 Å². The van der Waals surface area contributed by atoms with E-state index in [4.69, 9.17) is 15.0 Å². The number of carbonyl (C=O) groups excluding carboxylic acids is 6. The van der Waals surface area contributed by atoms with Gasteiger partial charge in [0.1, 0.15) is 12.0 Å². The minimum Gasteiger partial charge on any atom is -0.465 e. The van der Waals surface area contributed by atoms with Crippen LogP contribution in [0.1, 0.15) is 48.3 Å². The van der Waals surface area contributed by atoms with Gasteiger partial charge in [-0.15, -0.1) is 0 Å². The number of β-lactam (4-membered cyclic amide) rings is 1. The van der Waals surface area contributed by atoms with Crippen molar-refractivity contribution in [2.45, 2.75) is 18.2 Å². The van der Waals surface area contributed by atoms with Crippen molar-refractivity contribution in [1.82, 2.24) is 10.2 Å². The van der Waals surface area contributed by atoms with Crippen molar-refractivity contribution < 1.29 is 43.0 Å². The number of nitrogens with zero attached hydrogens (tertiary/aromatic N) is 3. The van der Waals surface area contributed by atoms with Crippen molar-refractivity contribution in [3.05, 3.63) is 112 Å². The van der Waals surface area contributed by atoms with E-state index in [2.05, 4.69) is 10.1 Å². The van der Waals surface area contributed by atoms with Crippen LogP contribution in [0.25, 0.3) is 5.53 Å². The largest absolute Gasteiger partial charge is 0.465 e. The molecule has 2 heterocycles. The monoisotopic (exact) mass is 566 g/mol. The highest BCUT2D eigenvalue weighted by Gasteiger charge is 2.58. The van der Waals surface area contributed by atoms with Crippen LogP contribution in [0.2, 0.25) is 0 Å². The maximum Gasteiger partial charge on any atom is 0.337 e. The Kier molecular flexibility index (Phi) is 7.55. The van der Waals surface area contributed by atoms with Gasteiger partial charge >= 0.3 is 18.2 Å². The van der Waals surface area contributed by atoms with Gasteiger partial charge in [-0.05, 0) is 35.4 Å². The molecule has 42 heavy (non-hydrogen) atoms. The molecule has 0 radical (unpaired) electrons. The number of nitrogens with one attached hydrogen (secondary N) is 1. The molecule has 3 amide bonds. The lowest BCUT2D eigenvalue weighted by molar-refractivity contribution is -0.160. The number of imide groups is 1. The number of ether oxygens (including phenoxy) is 2. The summed E-state index contributed by atoms with van der Waals surface area (Å²) in [5.74, 6) is -6.73. The van der Waals surface area contributed by atoms with E-state index >= 15 is 0 Å². The molecule has 2 aliphatic rings. The van der Waals surface area contributed by atoms with Crippen LogP contribution in [0.5, 0.6) is 0 Å². The highest BCUT2D eigenvalue weighted by molar-refractivity contribution is 6.32. The van der Waals surface area contributed by atoms with Gasteiger partial charge in [-0.3, -0.25) is 28.9 Å². The maximum absolute atomic E-state index is 13.7. The standard InChI is InChI=1S/C30H22N4O8/c1-41-29(39)18-13-11-17(12-14-18)25(16-7-3-2-4-8-16)42-30(40)22(21(35)15-32-31)23-24(26(36)33-23)34-27(37)19-9-5-6-10-20(19)28(34)38/h2-15,22-25H,1H3,(H,33,36)/t22?,23-,24-,25?/m1/s1. The summed E-state index contributed by atoms with van der Waals surface area (Å²) in [4.78, 5) is 81.0. The zero-order valence-corrected chi connectivity index (χ0v) is 22.0. The normalized spacial score (nSPS) is 18.5. The number of esters is 2. The first-order valence-corrected chi connectivity index (χ1v) is 12.7. The molecule has 3 aromatic rings. The molecule has 0 aromatic heterocycles. The Labute approximate surface area is 238 Å². The molecule has 0 spiro atoms. The van der Waals surface area contributed by atoms with E-state index in [0.29, 0.717) is 17.3 Å². The number of rotatable bonds is 9. The fraction of sp³-hybridized carbons (Fsp3) is 0.167. The molecule has 3 aromatic carbocycles. The average molecular weight is 567 g/mol. The van der Waals surface area contributed by atoms with Crippen LogP contribution in [-0.4, -0.2) is 70.5 Å². The molecule has 0 bridgehead atoms. The summed E-state index contributed by atoms with van der Waals surface area (Å²) < 4.78 is 10.6. The molecule has 12 heteroatoms. The molecule has 12 nitrogen and oxygen atoms in total. The number of amides is 3. The van der Waals surface area contributed by atoms with Crippen molar-refractivity contribution in [1.29, 1.82) is 0 Å². The number of Topliss-reactive ketones (excluding diaryl/α,β-unsaturated/α-hetero) is 1. The van der Waals surface area contributed by atoms with E-state index < -0.39 is 59.5 Å². The number of hydrogen-bond acceptors (Lipinski definition) is 8. The van der Waals surface area contributed by atoms with Gasteiger partial charge in [0.15, 0.2) is 6.10 Å². The van der Waals surface area contributed by atoms with Gasteiger partial charge in [-0.2, -0.15) is 4.79 Å². The molecule has 2 unspecified atom stereocenters. The van der Waals surface area contributed by atoms with E-state index in [0.717, 1.165) is 4.90 Å². The first-order valence-electron chi connectivity index (χ1n) is 12.7. The van der Waals surface area contributed by atoms with Crippen LogP contribution >= 0.6 is 0 Å². The highest BCUT2D eigenvalue weighted by atomic mass is 16.5. The van der Waals surface area contributed by atoms with Crippen molar-refractivity contribution in [3.8, 4) is 0 Å². The molecule has 210 valence electrons. The fourth-order valence-corrected chi connectivity index (χ4v) is 5.03. The van der Waals surface area contributed by atoms with E-state index in [-0.39, 0.29) is 16.7 Å². The fourth-order valence-electron chi connectivity index (χ4n) is 5.03. The third kappa shape index (κ3) is 4.87. The SMILES string of the molecule is COC(=O)c1ccc(C(OC(=O)C(C(=O)C=[N+]=[N-])[C@H]2NC(=O)[C@@H]2N2C(=O)c3ccccc3C2=O)c2ccccc2)cc1. The minimum atomic E-state index is -1.78. The molecule has 5 rings (SSSR count). The Morgan fingerprint density at radius 1 is 0.881 bits per heavy atom. The molecule has 2 aliphatic heterocycles. The Hall–Kier alpha value is -5.74. The van der Waals surface area contributed by atoms with Gasteiger partial charge in [0.25, 0.3) is 17.6 Å². The third-order valence-corrected chi connectivity index (χ3v) is 7.10. The Morgan fingerprint density at radius 2 is 1.45 bits per heavy atom. The van der Waals surface area contributed by atoms with Gasteiger partial charge < -0.3 is 20.3 Å². The van der Waals surface area contributed by atoms with Crippen LogP contribution in [0.3, 0.4) is 0 Å². The predicted octanol–water partition coefficient (Wildman–Crippen LogP) is 1.75. The predicted molar refractivity (Wildman–Crippen MR) is 143 cm³/mol. The third-order valence-electron chi connectivity index (χ3n) is 7.10. The van der Waals surface area contributed by atoms with E-state index in [1.165, 1.54) is 31.4 Å². The molecule has 1 N–H and O–H groups in total. The number of fused-ring (bicyclic) bond motifs is 1. The molecule has 1 saturated heterocycles. The zero-order chi connectivity index (χ0) is 30.0. The number of hydrogen-bond donors (Lipinski definition) is 1. The summed E-state index contributed by atoms with van der Waals surface area (Å²) in [7, 11) is 1.24. The lowest BCUT2D eigenvalue weighted by Crippen LogP contribution is -2.74. The van der Waals surface area contributed by atoms with E-state index in [1.54, 1.807) is 54.6 Å². The second kappa shape index (κ2) is 11.4. The Morgan fingerprint density at radius 3 is 2.00 bits per heavy atom. The lowest BCUT2D eigenvalue weighted by atomic mass is 9.82. The van der Waals surface area contributed by atoms with Crippen LogP contribution in [-0.2, 0) is 23.9 Å². The van der Waals surface area contributed by atoms with Gasteiger partial charge in [0.05, 0.1) is 29.8 Å². The summed E-state index contributed by atoms with van der Waals surface area (Å²) in [6, 6.07) is 17.8. The Balaban J connectivity index is 1.48. The smallest absolute Gasteiger partial charge is 0.337 e. The number of benzene rings is 3. The highest BCUT2D eigenvalue weighted by Crippen LogP contribution is 2.33. The van der Waals surface area contributed by atoms with E-state index in [9.17, 15) is 28.8 Å². The zero-order valence-electron chi connectivity index (χ0n) is 22.0. The quantitative estimate of drug-likeness (QED) is 0.0776. The van der Waals surface area contributed by atoms with E-state index in [1.807, 2.05) is 0 Å². The first-order chi connectivity index (χ1) is 20.3. The Bertz CT molecular complexity index is 1630. The summed E-state index contributed by atoms with van der Waals surface area (Å²) in [5.41, 5.74) is 10.4. The van der Waals surface area contributed by atoms with Gasteiger partial charge in [0.2, 0.25) is 5.91 Å². The van der Waals surface area contributed by atoms with Crippen LogP contribution in [0.15, 0.2) is 78.9 Å². The van der Waals surface area contributed by atoms with Gasteiger partial charge in [0, 0.05) is 0 Å². The van der Waals surface area contributed by atoms with Crippen LogP contribution in [0, 0.1) is 5.92 Å². The van der Waals surface area contributed by atoms with Gasteiger partial charge in [-0.25, -0.2) is 4.79 Å². The molecule has 1 fully saturated rings. The first kappa shape index (κ1) is 27.8. The second-order valence-corrected chi connectivity index (χ2v) is 9.47. The summed E-state index contributed by atoms with van der Waals surface area (Å²) in [5, 5.41) is 2.44. The average Bonchev–Trinajstić information content (AvgIpc) is 3.25. The van der Waals surface area contributed by atoms with Crippen molar-refractivity contribution in [3.63, 3.8) is 0 Å². The van der Waals surface area contributed by atoms with Crippen LogP contribution < -0.4 is 5.32 Å². The number of carbonyl (C=O) groups is 6. The van der Waals surface area contributed by atoms with Crippen LogP contribution in [0.4, 0.5) is 0 Å². The molecular formula is C30H22N4O8. The summed E-state index contributed by atoms with van der Waals surface area (Å²) >= 11 is 0. The molecular weight excluding hydrogens is 544 g/mol. The number of ketones is 1. The molecule has 0 saturated carbocycles. The summed E-state index contributed by atoms with van der Waals surface area (Å²) in [6.45, 7) is 0. The topological polar surface area (TPSA) is 173 Å². The van der Waals surface area contributed by atoms with Crippen molar-refractivity contribution in [2.75, 3.05) is 7.11 Å². The maximum atomic E-state index is 13.7. The van der Waals surface area contributed by atoms with Crippen molar-refractivity contribution in [2.24, 2.45) is 5.92 Å². The number of methoxy groups -OCH3 is 1.